The van der Waals surface area contributed by atoms with E-state index in [2.05, 4.69) is 4.98 Å². The Balaban J connectivity index is 0.00000196. The first-order valence-electron chi connectivity index (χ1n) is 8.14. The fourth-order valence-corrected chi connectivity index (χ4v) is 4.15. The second-order valence-electron chi connectivity index (χ2n) is 6.46. The summed E-state index contributed by atoms with van der Waals surface area (Å²) in [5.74, 6) is -1.96. The van der Waals surface area contributed by atoms with Crippen LogP contribution in [0.1, 0.15) is 18.9 Å². The number of rotatable bonds is 3. The number of allylic oxidation sites excluding steroid dienone is 1. The number of amides is 2. The van der Waals surface area contributed by atoms with E-state index in [1.807, 2.05) is 6.07 Å². The van der Waals surface area contributed by atoms with Crippen molar-refractivity contribution in [1.29, 1.82) is 0 Å². The van der Waals surface area contributed by atoms with Crippen LogP contribution in [0.25, 0.3) is 6.08 Å². The molecular weight excluding hydrogens is 345 g/mol. The van der Waals surface area contributed by atoms with Gasteiger partial charge in [0, 0.05) is 31.8 Å². The minimum atomic E-state index is -1.36. The normalized spacial score (nSPS) is 26.5. The van der Waals surface area contributed by atoms with E-state index in [1.165, 1.54) is 11.8 Å². The summed E-state index contributed by atoms with van der Waals surface area (Å²) in [6, 6.07) is 2.79. The minimum absolute atomic E-state index is 0. The Hall–Kier alpha value is -1.96. The van der Waals surface area contributed by atoms with E-state index >= 15 is 0 Å². The van der Waals surface area contributed by atoms with Gasteiger partial charge in [-0.15, -0.1) is 0 Å². The molecule has 26 heavy (non-hydrogen) atoms. The van der Waals surface area contributed by atoms with E-state index in [0.29, 0.717) is 18.5 Å². The third-order valence-electron chi connectivity index (χ3n) is 5.19. The van der Waals surface area contributed by atoms with Crippen LogP contribution in [0.5, 0.6) is 0 Å². The van der Waals surface area contributed by atoms with Crippen LogP contribution in [-0.4, -0.2) is 51.2 Å². The Morgan fingerprint density at radius 2 is 2.12 bits per heavy atom. The third-order valence-corrected chi connectivity index (χ3v) is 5.19. The number of β-lactam (4-membered cyclic amide) rings is 1. The number of hydrogen-bond donors (Lipinski definition) is 0. The summed E-state index contributed by atoms with van der Waals surface area (Å²) in [6.07, 6.45) is 7.47. The van der Waals surface area contributed by atoms with Crippen LogP contribution in [0.2, 0.25) is 0 Å². The number of carbonyl (C=O) groups is 3. The fourth-order valence-electron chi connectivity index (χ4n) is 4.15. The van der Waals surface area contributed by atoms with Crippen LogP contribution in [-0.2, 0) is 14.4 Å². The van der Waals surface area contributed by atoms with Crippen LogP contribution >= 0.6 is 0 Å². The SMILES string of the molecule is CC(=O)N1CCC2C(/C=C/c3cccnc3)=C(C(=O)[O-])N3C(=O)[C@@H]1[C@@H]23.[Na+]. The van der Waals surface area contributed by atoms with Crippen LogP contribution in [0.3, 0.4) is 0 Å². The van der Waals surface area contributed by atoms with E-state index in [0.717, 1.165) is 5.56 Å². The zero-order chi connectivity index (χ0) is 17.7. The summed E-state index contributed by atoms with van der Waals surface area (Å²) in [4.78, 5) is 42.8. The van der Waals surface area contributed by atoms with Gasteiger partial charge >= 0.3 is 29.6 Å². The number of piperidine rings is 1. The van der Waals surface area contributed by atoms with Gasteiger partial charge in [0.2, 0.25) is 5.91 Å². The summed E-state index contributed by atoms with van der Waals surface area (Å²) in [6.45, 7) is 1.88. The number of hydrogen-bond acceptors (Lipinski definition) is 5. The molecule has 1 aromatic heterocycles. The van der Waals surface area contributed by atoms with Crippen LogP contribution in [0, 0.1) is 5.92 Å². The molecule has 4 heterocycles. The molecule has 1 aromatic rings. The molecule has 2 amide bonds. The molecule has 8 heteroatoms. The molecule has 4 rings (SSSR count). The van der Waals surface area contributed by atoms with Gasteiger partial charge < -0.3 is 19.7 Å². The Kier molecular flexibility index (Phi) is 5.05. The van der Waals surface area contributed by atoms with Gasteiger partial charge in [0.25, 0.3) is 5.91 Å². The van der Waals surface area contributed by atoms with Crippen molar-refractivity contribution in [3.8, 4) is 0 Å². The first kappa shape index (κ1) is 18.8. The molecule has 0 N–H and O–H groups in total. The summed E-state index contributed by atoms with van der Waals surface area (Å²) in [7, 11) is 0. The Morgan fingerprint density at radius 3 is 2.73 bits per heavy atom. The maximum absolute atomic E-state index is 12.5. The van der Waals surface area contributed by atoms with Gasteiger partial charge in [-0.3, -0.25) is 14.6 Å². The molecule has 128 valence electrons. The number of carboxylic acid groups (broad SMARTS) is 1. The topological polar surface area (TPSA) is 93.6 Å². The monoisotopic (exact) mass is 361 g/mol. The summed E-state index contributed by atoms with van der Waals surface area (Å²) in [5, 5.41) is 11.7. The first-order valence-corrected chi connectivity index (χ1v) is 8.14. The second kappa shape index (κ2) is 6.98. The van der Waals surface area contributed by atoms with E-state index in [9.17, 15) is 19.5 Å². The number of nitrogens with zero attached hydrogens (tertiary/aromatic N) is 3. The van der Waals surface area contributed by atoms with Crippen molar-refractivity contribution in [3.63, 3.8) is 0 Å². The molecule has 3 aliphatic heterocycles. The van der Waals surface area contributed by atoms with Gasteiger partial charge in [-0.2, -0.15) is 0 Å². The largest absolute Gasteiger partial charge is 1.00 e. The predicted molar refractivity (Wildman–Crippen MR) is 85.2 cm³/mol. The molecule has 3 atom stereocenters. The van der Waals surface area contributed by atoms with Gasteiger partial charge in [-0.05, 0) is 23.6 Å². The molecule has 0 saturated carbocycles. The standard InChI is InChI=1S/C18H17N3O4.Na/c1-10(22)20-8-6-13-12(5-4-11-3-2-7-19-9-11)15(18(24)25)21-14(13)16(20)17(21)23;/h2-5,7,9,13-14,16H,6,8H2,1H3,(H,24,25);/q;+1/p-1/b5-4+;/t13?,14-,16+;/m1./s1. The zero-order valence-corrected chi connectivity index (χ0v) is 16.6. The van der Waals surface area contributed by atoms with Crippen molar-refractivity contribution < 1.29 is 49.0 Å². The van der Waals surface area contributed by atoms with Crippen molar-refractivity contribution in [3.05, 3.63) is 47.4 Å². The van der Waals surface area contributed by atoms with Crippen molar-refractivity contribution in [2.45, 2.75) is 25.4 Å². The van der Waals surface area contributed by atoms with Gasteiger partial charge in [0.15, 0.2) is 0 Å². The molecule has 2 saturated heterocycles. The molecule has 3 aliphatic rings. The molecule has 1 unspecified atom stereocenters. The van der Waals surface area contributed by atoms with E-state index < -0.39 is 12.0 Å². The molecule has 0 spiro atoms. The van der Waals surface area contributed by atoms with Crippen LogP contribution in [0.15, 0.2) is 41.9 Å². The Bertz CT molecular complexity index is 836. The quantitative estimate of drug-likeness (QED) is 0.413. The van der Waals surface area contributed by atoms with E-state index in [4.69, 9.17) is 0 Å². The average molecular weight is 361 g/mol. The molecular formula is C18H16N3NaO4. The maximum Gasteiger partial charge on any atom is 1.00 e. The van der Waals surface area contributed by atoms with E-state index in [-0.39, 0.29) is 59.0 Å². The summed E-state index contributed by atoms with van der Waals surface area (Å²) >= 11 is 0. The molecule has 0 bridgehead atoms. The number of pyridine rings is 1. The molecule has 0 aromatic carbocycles. The summed E-state index contributed by atoms with van der Waals surface area (Å²) < 4.78 is 0. The van der Waals surface area contributed by atoms with Crippen LogP contribution in [0.4, 0.5) is 0 Å². The minimum Gasteiger partial charge on any atom is -0.543 e. The number of likely N-dealkylation sites (tertiary alicyclic amines) is 1. The van der Waals surface area contributed by atoms with Gasteiger partial charge in [0.05, 0.1) is 17.7 Å². The number of carbonyl (C=O) groups excluding carboxylic acids is 3. The summed E-state index contributed by atoms with van der Waals surface area (Å²) in [5.41, 5.74) is 1.36. The predicted octanol–water partition coefficient (Wildman–Crippen LogP) is -3.44. The molecule has 0 aliphatic carbocycles. The molecule has 2 fully saturated rings. The maximum atomic E-state index is 12.5. The Morgan fingerprint density at radius 1 is 1.35 bits per heavy atom. The average Bonchev–Trinajstić information content (AvgIpc) is 2.92. The van der Waals surface area contributed by atoms with Crippen LogP contribution < -0.4 is 34.7 Å². The first-order chi connectivity index (χ1) is 12.0. The smallest absolute Gasteiger partial charge is 0.543 e. The third kappa shape index (κ3) is 2.71. The van der Waals surface area contributed by atoms with Crippen molar-refractivity contribution >= 4 is 23.9 Å². The number of aromatic nitrogens is 1. The number of carboxylic acids is 1. The van der Waals surface area contributed by atoms with E-state index in [1.54, 1.807) is 35.5 Å². The molecule has 0 radical (unpaired) electrons. The van der Waals surface area contributed by atoms with Crippen molar-refractivity contribution in [2.24, 2.45) is 5.92 Å². The zero-order valence-electron chi connectivity index (χ0n) is 14.6. The van der Waals surface area contributed by atoms with Crippen molar-refractivity contribution in [2.75, 3.05) is 6.54 Å². The second-order valence-corrected chi connectivity index (χ2v) is 6.46. The van der Waals surface area contributed by atoms with Gasteiger partial charge in [-0.25, -0.2) is 0 Å². The Labute approximate surface area is 172 Å². The number of aliphatic carboxylic acids is 1. The van der Waals surface area contributed by atoms with Gasteiger partial charge in [0.1, 0.15) is 6.04 Å². The fraction of sp³-hybridized carbons (Fsp3) is 0.333. The molecule has 7 nitrogen and oxygen atoms in total. The van der Waals surface area contributed by atoms with Gasteiger partial charge in [-0.1, -0.05) is 18.2 Å². The van der Waals surface area contributed by atoms with Crippen molar-refractivity contribution in [1.82, 2.24) is 14.8 Å².